The molecule has 3 saturated carbocycles. The zero-order valence-corrected chi connectivity index (χ0v) is 14.6. The van der Waals surface area contributed by atoms with Crippen molar-refractivity contribution >= 4 is 0 Å². The van der Waals surface area contributed by atoms with Crippen molar-refractivity contribution < 1.29 is 4.74 Å². The van der Waals surface area contributed by atoms with E-state index in [1.165, 1.54) is 51.4 Å². The minimum Gasteiger partial charge on any atom is -0.373 e. The normalized spacial score (nSPS) is 40.6. The minimum atomic E-state index is 0.351. The van der Waals surface area contributed by atoms with Gasteiger partial charge in [-0.25, -0.2) is 0 Å². The van der Waals surface area contributed by atoms with Gasteiger partial charge in [-0.05, 0) is 55.8 Å². The van der Waals surface area contributed by atoms with Crippen LogP contribution < -0.4 is 5.32 Å². The SMILES string of the molecule is CC(CNC1CCCCC1)OC1CC2CCC1(C)C2(C)C. The Morgan fingerprint density at radius 2 is 1.81 bits per heavy atom. The highest BCUT2D eigenvalue weighted by Crippen LogP contribution is 2.66. The van der Waals surface area contributed by atoms with Crippen molar-refractivity contribution in [2.24, 2.45) is 16.7 Å². The summed E-state index contributed by atoms with van der Waals surface area (Å²) >= 11 is 0. The fraction of sp³-hybridized carbons (Fsp3) is 1.00. The maximum absolute atomic E-state index is 6.51. The van der Waals surface area contributed by atoms with E-state index in [1.54, 1.807) is 0 Å². The van der Waals surface area contributed by atoms with Crippen molar-refractivity contribution in [2.75, 3.05) is 6.54 Å². The molecule has 3 aliphatic rings. The van der Waals surface area contributed by atoms with Crippen LogP contribution in [-0.4, -0.2) is 24.8 Å². The van der Waals surface area contributed by atoms with Crippen LogP contribution >= 0.6 is 0 Å². The molecule has 2 bridgehead atoms. The lowest BCUT2D eigenvalue weighted by Crippen LogP contribution is -2.42. The average molecular weight is 293 g/mol. The van der Waals surface area contributed by atoms with E-state index < -0.39 is 0 Å². The molecule has 0 aromatic heterocycles. The first-order chi connectivity index (χ1) is 9.93. The number of hydrogen-bond donors (Lipinski definition) is 1. The van der Waals surface area contributed by atoms with Gasteiger partial charge in [0.15, 0.2) is 0 Å². The van der Waals surface area contributed by atoms with Crippen molar-refractivity contribution in [3.8, 4) is 0 Å². The molecule has 0 heterocycles. The summed E-state index contributed by atoms with van der Waals surface area (Å²) in [5.74, 6) is 0.881. The molecule has 0 aliphatic heterocycles. The van der Waals surface area contributed by atoms with Crippen LogP contribution in [0.1, 0.15) is 79.1 Å². The van der Waals surface area contributed by atoms with E-state index in [0.717, 1.165) is 18.5 Å². The summed E-state index contributed by atoms with van der Waals surface area (Å²) in [6.45, 7) is 10.7. The fourth-order valence-corrected chi connectivity index (χ4v) is 5.30. The van der Waals surface area contributed by atoms with Crippen LogP contribution in [0.25, 0.3) is 0 Å². The number of ether oxygens (including phenoxy) is 1. The van der Waals surface area contributed by atoms with E-state index in [0.29, 0.717) is 23.0 Å². The molecular weight excluding hydrogens is 258 g/mol. The van der Waals surface area contributed by atoms with Crippen molar-refractivity contribution in [3.05, 3.63) is 0 Å². The molecule has 3 fully saturated rings. The van der Waals surface area contributed by atoms with E-state index in [-0.39, 0.29) is 0 Å². The van der Waals surface area contributed by atoms with E-state index in [1.807, 2.05) is 0 Å². The van der Waals surface area contributed by atoms with Crippen LogP contribution in [0.5, 0.6) is 0 Å². The van der Waals surface area contributed by atoms with Crippen LogP contribution in [0.4, 0.5) is 0 Å². The number of fused-ring (bicyclic) bond motifs is 2. The molecule has 0 aromatic carbocycles. The van der Waals surface area contributed by atoms with E-state index in [4.69, 9.17) is 4.74 Å². The molecule has 21 heavy (non-hydrogen) atoms. The molecule has 0 saturated heterocycles. The Labute approximate surface area is 131 Å². The third-order valence-corrected chi connectivity index (χ3v) is 7.41. The van der Waals surface area contributed by atoms with Gasteiger partial charge in [-0.1, -0.05) is 40.0 Å². The van der Waals surface area contributed by atoms with Crippen LogP contribution in [0.2, 0.25) is 0 Å². The van der Waals surface area contributed by atoms with Crippen molar-refractivity contribution in [2.45, 2.75) is 97.3 Å². The Hall–Kier alpha value is -0.0800. The molecular formula is C19H35NO. The lowest BCUT2D eigenvalue weighted by Gasteiger charge is -2.40. The number of rotatable bonds is 5. The topological polar surface area (TPSA) is 21.3 Å². The fourth-order valence-electron chi connectivity index (χ4n) is 5.30. The molecule has 4 atom stereocenters. The first-order valence-electron chi connectivity index (χ1n) is 9.32. The van der Waals surface area contributed by atoms with E-state index in [9.17, 15) is 0 Å². The first kappa shape index (κ1) is 15.8. The Kier molecular flexibility index (Phi) is 4.40. The standard InChI is InChI=1S/C19H35NO/c1-14(13-20-16-8-6-5-7-9-16)21-17-12-15-10-11-19(17,4)18(15,2)3/h14-17,20H,5-13H2,1-4H3. The number of nitrogens with one attached hydrogen (secondary N) is 1. The molecule has 0 radical (unpaired) electrons. The summed E-state index contributed by atoms with van der Waals surface area (Å²) in [6, 6.07) is 0.747. The average Bonchev–Trinajstić information content (AvgIpc) is 2.79. The summed E-state index contributed by atoms with van der Waals surface area (Å²) in [5.41, 5.74) is 0.866. The number of hydrogen-bond acceptors (Lipinski definition) is 2. The predicted octanol–water partition coefficient (Wildman–Crippen LogP) is 4.53. The molecule has 0 aromatic rings. The zero-order valence-electron chi connectivity index (χ0n) is 14.6. The van der Waals surface area contributed by atoms with Gasteiger partial charge >= 0.3 is 0 Å². The van der Waals surface area contributed by atoms with E-state index in [2.05, 4.69) is 33.0 Å². The third kappa shape index (κ3) is 2.79. The summed E-state index contributed by atoms with van der Waals surface area (Å²) in [4.78, 5) is 0. The van der Waals surface area contributed by atoms with Gasteiger partial charge in [0.05, 0.1) is 12.2 Å². The molecule has 122 valence electrons. The second-order valence-corrected chi connectivity index (χ2v) is 8.79. The molecule has 1 N–H and O–H groups in total. The Balaban J connectivity index is 1.48. The van der Waals surface area contributed by atoms with Crippen molar-refractivity contribution in [3.63, 3.8) is 0 Å². The molecule has 3 aliphatic carbocycles. The second kappa shape index (κ2) is 5.85. The van der Waals surface area contributed by atoms with Crippen LogP contribution in [0.3, 0.4) is 0 Å². The second-order valence-electron chi connectivity index (χ2n) is 8.79. The van der Waals surface area contributed by atoms with Gasteiger partial charge in [0.25, 0.3) is 0 Å². The summed E-state index contributed by atoms with van der Waals surface area (Å²) in [5, 5.41) is 3.75. The van der Waals surface area contributed by atoms with Crippen LogP contribution in [-0.2, 0) is 4.74 Å². The molecule has 0 amide bonds. The maximum Gasteiger partial charge on any atom is 0.0675 e. The van der Waals surface area contributed by atoms with Gasteiger partial charge in [0, 0.05) is 12.6 Å². The largest absolute Gasteiger partial charge is 0.373 e. The quantitative estimate of drug-likeness (QED) is 0.804. The van der Waals surface area contributed by atoms with Gasteiger partial charge in [-0.3, -0.25) is 0 Å². The van der Waals surface area contributed by atoms with Crippen LogP contribution in [0.15, 0.2) is 0 Å². The highest BCUT2D eigenvalue weighted by atomic mass is 16.5. The highest BCUT2D eigenvalue weighted by molar-refractivity contribution is 5.11. The first-order valence-corrected chi connectivity index (χ1v) is 9.32. The molecule has 3 rings (SSSR count). The van der Waals surface area contributed by atoms with Gasteiger partial charge in [0.1, 0.15) is 0 Å². The molecule has 2 nitrogen and oxygen atoms in total. The van der Waals surface area contributed by atoms with Gasteiger partial charge in [-0.2, -0.15) is 0 Å². The Bertz CT molecular complexity index is 361. The third-order valence-electron chi connectivity index (χ3n) is 7.41. The predicted molar refractivity (Wildman–Crippen MR) is 88.4 cm³/mol. The lowest BCUT2D eigenvalue weighted by atomic mass is 9.70. The van der Waals surface area contributed by atoms with Gasteiger partial charge in [0.2, 0.25) is 0 Å². The lowest BCUT2D eigenvalue weighted by molar-refractivity contribution is -0.0798. The molecule has 4 unspecified atom stereocenters. The minimum absolute atomic E-state index is 0.351. The van der Waals surface area contributed by atoms with Crippen molar-refractivity contribution in [1.29, 1.82) is 0 Å². The maximum atomic E-state index is 6.51. The van der Waals surface area contributed by atoms with Gasteiger partial charge in [-0.15, -0.1) is 0 Å². The Morgan fingerprint density at radius 3 is 2.38 bits per heavy atom. The highest BCUT2D eigenvalue weighted by Gasteiger charge is 2.62. The van der Waals surface area contributed by atoms with Gasteiger partial charge < -0.3 is 10.1 Å². The van der Waals surface area contributed by atoms with E-state index >= 15 is 0 Å². The summed E-state index contributed by atoms with van der Waals surface area (Å²) < 4.78 is 6.51. The Morgan fingerprint density at radius 1 is 1.10 bits per heavy atom. The summed E-state index contributed by atoms with van der Waals surface area (Å²) in [7, 11) is 0. The van der Waals surface area contributed by atoms with Crippen molar-refractivity contribution in [1.82, 2.24) is 5.32 Å². The summed E-state index contributed by atoms with van der Waals surface area (Å²) in [6.07, 6.45) is 11.9. The molecule has 0 spiro atoms. The molecule has 2 heteroatoms. The smallest absolute Gasteiger partial charge is 0.0675 e. The zero-order chi connectivity index (χ0) is 15.1. The van der Waals surface area contributed by atoms with Crippen LogP contribution in [0, 0.1) is 16.7 Å². The monoisotopic (exact) mass is 293 g/mol.